The number of hydrogen-bond acceptors (Lipinski definition) is 4. The average molecular weight is 215 g/mol. The van der Waals surface area contributed by atoms with Crippen molar-refractivity contribution in [2.75, 3.05) is 16.8 Å². The summed E-state index contributed by atoms with van der Waals surface area (Å²) >= 11 is 0. The third-order valence-corrected chi connectivity index (χ3v) is 2.23. The highest BCUT2D eigenvalue weighted by atomic mass is 16.3. The lowest BCUT2D eigenvalue weighted by Crippen LogP contribution is -1.93. The first-order chi connectivity index (χ1) is 7.65. The predicted octanol–water partition coefficient (Wildman–Crippen LogP) is 2.30. The van der Waals surface area contributed by atoms with E-state index in [1.165, 1.54) is 0 Å². The van der Waals surface area contributed by atoms with Gasteiger partial charge >= 0.3 is 0 Å². The number of rotatable bonds is 2. The fourth-order valence-electron chi connectivity index (χ4n) is 1.37. The van der Waals surface area contributed by atoms with Crippen LogP contribution in [0.4, 0.5) is 22.7 Å². The van der Waals surface area contributed by atoms with E-state index >= 15 is 0 Å². The average Bonchev–Trinajstić information content (AvgIpc) is 2.27. The molecule has 0 aliphatic carbocycles. The highest BCUT2D eigenvalue weighted by Gasteiger charge is 1.99. The second-order valence-electron chi connectivity index (χ2n) is 3.52. The molecule has 0 spiro atoms. The molecule has 2 rings (SSSR count). The van der Waals surface area contributed by atoms with E-state index in [4.69, 9.17) is 11.5 Å². The summed E-state index contributed by atoms with van der Waals surface area (Å²) < 4.78 is 0. The Labute approximate surface area is 93.5 Å². The molecule has 0 amide bonds. The molecule has 0 aromatic heterocycles. The van der Waals surface area contributed by atoms with Crippen LogP contribution in [0.25, 0.3) is 0 Å². The summed E-state index contributed by atoms with van der Waals surface area (Å²) in [6.07, 6.45) is 0. The van der Waals surface area contributed by atoms with Gasteiger partial charge in [-0.2, -0.15) is 0 Å². The molecule has 6 N–H and O–H groups in total. The molecule has 16 heavy (non-hydrogen) atoms. The van der Waals surface area contributed by atoms with Gasteiger partial charge in [0.2, 0.25) is 0 Å². The van der Waals surface area contributed by atoms with E-state index in [0.717, 1.165) is 17.1 Å². The van der Waals surface area contributed by atoms with Gasteiger partial charge in [0.15, 0.2) is 0 Å². The maximum absolute atomic E-state index is 9.28. The lowest BCUT2D eigenvalue weighted by molar-refractivity contribution is 0.478. The summed E-state index contributed by atoms with van der Waals surface area (Å²) in [5.41, 5.74) is 14.0. The Bertz CT molecular complexity index is 494. The molecule has 0 unspecified atom stereocenters. The van der Waals surface area contributed by atoms with Crippen molar-refractivity contribution in [3.63, 3.8) is 0 Å². The van der Waals surface area contributed by atoms with Gasteiger partial charge in [-0.3, -0.25) is 0 Å². The van der Waals surface area contributed by atoms with Gasteiger partial charge in [-0.15, -0.1) is 0 Å². The molecule has 0 saturated carbocycles. The Morgan fingerprint density at radius 2 is 1.50 bits per heavy atom. The van der Waals surface area contributed by atoms with Gasteiger partial charge in [0.1, 0.15) is 5.75 Å². The van der Waals surface area contributed by atoms with Crippen LogP contribution >= 0.6 is 0 Å². The summed E-state index contributed by atoms with van der Waals surface area (Å²) in [5, 5.41) is 12.4. The summed E-state index contributed by atoms with van der Waals surface area (Å²) in [5.74, 6) is 0.0860. The van der Waals surface area contributed by atoms with Crippen LogP contribution in [0.5, 0.6) is 5.75 Å². The fourth-order valence-corrected chi connectivity index (χ4v) is 1.37. The molecule has 0 aliphatic rings. The lowest BCUT2D eigenvalue weighted by Gasteiger charge is -2.08. The minimum atomic E-state index is 0.0860. The number of hydrogen-bond donors (Lipinski definition) is 4. The van der Waals surface area contributed by atoms with Gasteiger partial charge in [0.25, 0.3) is 0 Å². The highest BCUT2D eigenvalue weighted by molar-refractivity contribution is 5.67. The number of phenols is 1. The number of nitrogens with one attached hydrogen (secondary N) is 1. The zero-order valence-electron chi connectivity index (χ0n) is 8.64. The van der Waals surface area contributed by atoms with Crippen LogP contribution in [0, 0.1) is 0 Å². The zero-order chi connectivity index (χ0) is 11.5. The molecule has 4 nitrogen and oxygen atoms in total. The van der Waals surface area contributed by atoms with E-state index in [1.54, 1.807) is 18.2 Å². The molecule has 82 valence electrons. The SMILES string of the molecule is Nc1ccc(Nc2ccc(O)c(N)c2)cc1. The van der Waals surface area contributed by atoms with E-state index < -0.39 is 0 Å². The molecule has 0 saturated heterocycles. The largest absolute Gasteiger partial charge is 0.506 e. The predicted molar refractivity (Wildman–Crippen MR) is 66.7 cm³/mol. The quantitative estimate of drug-likeness (QED) is 0.352. The van der Waals surface area contributed by atoms with Gasteiger partial charge in [-0.05, 0) is 42.5 Å². The van der Waals surface area contributed by atoms with Crippen LogP contribution in [0.3, 0.4) is 0 Å². The molecular formula is C12H13N3O. The number of nitrogen functional groups attached to an aromatic ring is 2. The van der Waals surface area contributed by atoms with Gasteiger partial charge in [0.05, 0.1) is 5.69 Å². The van der Waals surface area contributed by atoms with Crippen LogP contribution < -0.4 is 16.8 Å². The molecule has 4 heteroatoms. The number of anilines is 4. The monoisotopic (exact) mass is 215 g/mol. The molecule has 0 radical (unpaired) electrons. The third-order valence-electron chi connectivity index (χ3n) is 2.23. The topological polar surface area (TPSA) is 84.3 Å². The van der Waals surface area contributed by atoms with E-state index in [9.17, 15) is 5.11 Å². The van der Waals surface area contributed by atoms with Crippen molar-refractivity contribution in [3.05, 3.63) is 42.5 Å². The number of benzene rings is 2. The second kappa shape index (κ2) is 4.02. The van der Waals surface area contributed by atoms with E-state index in [1.807, 2.05) is 24.3 Å². The van der Waals surface area contributed by atoms with Crippen molar-refractivity contribution in [2.24, 2.45) is 0 Å². The number of nitrogens with two attached hydrogens (primary N) is 2. The van der Waals surface area contributed by atoms with Crippen LogP contribution in [0.15, 0.2) is 42.5 Å². The molecule has 2 aromatic carbocycles. The first kappa shape index (κ1) is 10.2. The van der Waals surface area contributed by atoms with Crippen LogP contribution in [0.1, 0.15) is 0 Å². The lowest BCUT2D eigenvalue weighted by atomic mass is 10.2. The summed E-state index contributed by atoms with van der Waals surface area (Å²) in [6.45, 7) is 0. The van der Waals surface area contributed by atoms with Crippen molar-refractivity contribution in [1.29, 1.82) is 0 Å². The molecule has 0 atom stereocenters. The minimum absolute atomic E-state index is 0.0860. The van der Waals surface area contributed by atoms with E-state index in [0.29, 0.717) is 5.69 Å². The standard InChI is InChI=1S/C12H13N3O/c13-8-1-3-9(4-2-8)15-10-5-6-12(16)11(14)7-10/h1-7,15-16H,13-14H2. The maximum atomic E-state index is 9.28. The normalized spacial score (nSPS) is 10.0. The van der Waals surface area contributed by atoms with Crippen molar-refractivity contribution in [2.45, 2.75) is 0 Å². The van der Waals surface area contributed by atoms with E-state index in [2.05, 4.69) is 5.32 Å². The third kappa shape index (κ3) is 2.17. The summed E-state index contributed by atoms with van der Waals surface area (Å²) in [7, 11) is 0. The Morgan fingerprint density at radius 1 is 0.875 bits per heavy atom. The molecule has 0 aliphatic heterocycles. The van der Waals surface area contributed by atoms with Crippen LogP contribution in [-0.2, 0) is 0 Å². The molecular weight excluding hydrogens is 202 g/mol. The Hall–Kier alpha value is -2.36. The number of phenolic OH excluding ortho intramolecular Hbond substituents is 1. The molecule has 2 aromatic rings. The first-order valence-electron chi connectivity index (χ1n) is 4.86. The maximum Gasteiger partial charge on any atom is 0.138 e. The molecule has 0 fully saturated rings. The summed E-state index contributed by atoms with van der Waals surface area (Å²) in [4.78, 5) is 0. The molecule has 0 bridgehead atoms. The Morgan fingerprint density at radius 3 is 2.12 bits per heavy atom. The first-order valence-corrected chi connectivity index (χ1v) is 4.86. The minimum Gasteiger partial charge on any atom is -0.506 e. The fraction of sp³-hybridized carbons (Fsp3) is 0. The van der Waals surface area contributed by atoms with Crippen molar-refractivity contribution < 1.29 is 5.11 Å². The van der Waals surface area contributed by atoms with Crippen molar-refractivity contribution in [1.82, 2.24) is 0 Å². The van der Waals surface area contributed by atoms with Gasteiger partial charge in [-0.25, -0.2) is 0 Å². The van der Waals surface area contributed by atoms with Crippen molar-refractivity contribution in [3.8, 4) is 5.75 Å². The van der Waals surface area contributed by atoms with Crippen LogP contribution in [-0.4, -0.2) is 5.11 Å². The Balaban J connectivity index is 2.20. The second-order valence-corrected chi connectivity index (χ2v) is 3.52. The summed E-state index contributed by atoms with van der Waals surface area (Å²) in [6, 6.07) is 12.3. The Kier molecular flexibility index (Phi) is 2.55. The van der Waals surface area contributed by atoms with Crippen LogP contribution in [0.2, 0.25) is 0 Å². The van der Waals surface area contributed by atoms with Gasteiger partial charge in [0, 0.05) is 17.1 Å². The molecule has 0 heterocycles. The van der Waals surface area contributed by atoms with Gasteiger partial charge in [-0.1, -0.05) is 0 Å². The highest BCUT2D eigenvalue weighted by Crippen LogP contribution is 2.25. The number of aromatic hydroxyl groups is 1. The van der Waals surface area contributed by atoms with E-state index in [-0.39, 0.29) is 5.75 Å². The van der Waals surface area contributed by atoms with Gasteiger partial charge < -0.3 is 21.9 Å². The van der Waals surface area contributed by atoms with Crippen molar-refractivity contribution >= 4 is 22.7 Å². The smallest absolute Gasteiger partial charge is 0.138 e. The zero-order valence-corrected chi connectivity index (χ0v) is 8.64.